The largest absolute Gasteiger partial charge is 0.453 e. The van der Waals surface area contributed by atoms with Crippen molar-refractivity contribution >= 4 is 17.9 Å². The molecule has 0 aliphatic carbocycles. The van der Waals surface area contributed by atoms with Gasteiger partial charge < -0.3 is 14.6 Å². The normalized spacial score (nSPS) is 14.9. The van der Waals surface area contributed by atoms with Gasteiger partial charge in [0.1, 0.15) is 0 Å². The summed E-state index contributed by atoms with van der Waals surface area (Å²) in [4.78, 5) is 10.8. The van der Waals surface area contributed by atoms with Crippen molar-refractivity contribution in [2.45, 2.75) is 19.4 Å². The van der Waals surface area contributed by atoms with Crippen molar-refractivity contribution in [2.75, 3.05) is 6.79 Å². The lowest BCUT2D eigenvalue weighted by atomic mass is 10.0. The Morgan fingerprint density at radius 1 is 1.56 bits per heavy atom. The maximum absolute atomic E-state index is 10.8. The number of fused-ring (bicyclic) bond motifs is 1. The molecular weight excluding hydrogens is 232 g/mol. The van der Waals surface area contributed by atoms with E-state index in [1.807, 2.05) is 0 Å². The van der Waals surface area contributed by atoms with Gasteiger partial charge in [0.05, 0.1) is 11.7 Å². The monoisotopic (exact) mass is 242 g/mol. The summed E-state index contributed by atoms with van der Waals surface area (Å²) in [6.07, 6.45) is 0.503. The van der Waals surface area contributed by atoms with Gasteiger partial charge in [-0.1, -0.05) is 11.6 Å². The van der Waals surface area contributed by atoms with Gasteiger partial charge in [-0.2, -0.15) is 0 Å². The lowest BCUT2D eigenvalue weighted by molar-refractivity contribution is 0.111. The first-order chi connectivity index (χ1) is 7.63. The van der Waals surface area contributed by atoms with E-state index >= 15 is 0 Å². The summed E-state index contributed by atoms with van der Waals surface area (Å²) in [6.45, 7) is 1.73. The summed E-state index contributed by atoms with van der Waals surface area (Å²) in [5.41, 5.74) is 1.04. The van der Waals surface area contributed by atoms with Crippen LogP contribution in [-0.4, -0.2) is 24.3 Å². The van der Waals surface area contributed by atoms with Gasteiger partial charge in [-0.3, -0.25) is 4.79 Å². The molecule has 1 aliphatic rings. The second kappa shape index (κ2) is 4.31. The number of aliphatic hydroxyl groups excluding tert-OH is 1. The molecule has 1 atom stereocenters. The Balaban J connectivity index is 2.53. The zero-order chi connectivity index (χ0) is 11.7. The molecule has 4 nitrogen and oxygen atoms in total. The minimum absolute atomic E-state index is 0.0727. The zero-order valence-corrected chi connectivity index (χ0v) is 9.45. The smallest absolute Gasteiger partial charge is 0.231 e. The minimum Gasteiger partial charge on any atom is -0.453 e. The fraction of sp³-hybridized carbons (Fsp3) is 0.364. The topological polar surface area (TPSA) is 55.8 Å². The molecule has 0 saturated heterocycles. The molecule has 1 unspecified atom stereocenters. The quantitative estimate of drug-likeness (QED) is 0.822. The number of ether oxygens (including phenoxy) is 2. The highest BCUT2D eigenvalue weighted by atomic mass is 35.5. The molecule has 16 heavy (non-hydrogen) atoms. The van der Waals surface area contributed by atoms with Crippen LogP contribution in [0.4, 0.5) is 0 Å². The van der Waals surface area contributed by atoms with Crippen LogP contribution in [-0.2, 0) is 6.42 Å². The minimum atomic E-state index is -0.534. The van der Waals surface area contributed by atoms with E-state index in [-0.39, 0.29) is 6.79 Å². The molecule has 0 amide bonds. The predicted molar refractivity (Wildman–Crippen MR) is 58.3 cm³/mol. The lowest BCUT2D eigenvalue weighted by Crippen LogP contribution is -2.06. The van der Waals surface area contributed by atoms with Crippen molar-refractivity contribution in [1.29, 1.82) is 0 Å². The van der Waals surface area contributed by atoms with Gasteiger partial charge in [0.25, 0.3) is 0 Å². The van der Waals surface area contributed by atoms with Gasteiger partial charge in [0.2, 0.25) is 6.79 Å². The second-order valence-corrected chi connectivity index (χ2v) is 4.07. The first-order valence-corrected chi connectivity index (χ1v) is 5.25. The fourth-order valence-corrected chi connectivity index (χ4v) is 1.97. The number of hydrogen-bond donors (Lipinski definition) is 1. The Hall–Kier alpha value is -1.26. The number of carbonyl (C=O) groups is 1. The highest BCUT2D eigenvalue weighted by molar-refractivity contribution is 6.32. The summed E-state index contributed by atoms with van der Waals surface area (Å²) in [7, 11) is 0. The molecule has 0 spiro atoms. The molecule has 1 aromatic rings. The molecule has 0 saturated carbocycles. The number of benzene rings is 1. The Morgan fingerprint density at radius 3 is 2.88 bits per heavy atom. The summed E-state index contributed by atoms with van der Waals surface area (Å²) < 4.78 is 10.5. The van der Waals surface area contributed by atoms with Crippen LogP contribution in [0.1, 0.15) is 22.8 Å². The van der Waals surface area contributed by atoms with Crippen LogP contribution in [0.5, 0.6) is 11.5 Å². The summed E-state index contributed by atoms with van der Waals surface area (Å²) in [6, 6.07) is 1.53. The van der Waals surface area contributed by atoms with Gasteiger partial charge in [-0.05, 0) is 13.0 Å². The molecule has 1 aromatic carbocycles. The van der Waals surface area contributed by atoms with Crippen LogP contribution in [0.15, 0.2) is 6.07 Å². The van der Waals surface area contributed by atoms with Crippen molar-refractivity contribution in [2.24, 2.45) is 0 Å². The number of aliphatic hydroxyl groups is 1. The highest BCUT2D eigenvalue weighted by Crippen LogP contribution is 2.42. The van der Waals surface area contributed by atoms with Gasteiger partial charge in [-0.25, -0.2) is 0 Å². The van der Waals surface area contributed by atoms with E-state index in [1.54, 1.807) is 6.92 Å². The van der Waals surface area contributed by atoms with Crippen molar-refractivity contribution in [3.05, 3.63) is 22.2 Å². The average Bonchev–Trinajstić information content (AvgIpc) is 2.70. The molecule has 0 bridgehead atoms. The van der Waals surface area contributed by atoms with Crippen molar-refractivity contribution in [1.82, 2.24) is 0 Å². The number of aldehydes is 1. The van der Waals surface area contributed by atoms with E-state index in [9.17, 15) is 9.90 Å². The van der Waals surface area contributed by atoms with Crippen LogP contribution in [0.2, 0.25) is 5.02 Å². The average molecular weight is 243 g/mol. The van der Waals surface area contributed by atoms with Gasteiger partial charge in [-0.15, -0.1) is 0 Å². The Labute approximate surface area is 97.7 Å². The van der Waals surface area contributed by atoms with E-state index in [1.165, 1.54) is 6.07 Å². The molecule has 2 rings (SSSR count). The maximum atomic E-state index is 10.8. The van der Waals surface area contributed by atoms with Gasteiger partial charge in [0, 0.05) is 17.0 Å². The van der Waals surface area contributed by atoms with Gasteiger partial charge in [0.15, 0.2) is 17.8 Å². The summed E-state index contributed by atoms with van der Waals surface area (Å²) in [5.74, 6) is 0.880. The number of rotatable bonds is 3. The molecule has 0 fully saturated rings. The van der Waals surface area contributed by atoms with E-state index in [0.29, 0.717) is 40.4 Å². The highest BCUT2D eigenvalue weighted by Gasteiger charge is 2.25. The number of carbonyl (C=O) groups excluding carboxylic acids is 1. The SMILES string of the molecule is CC(O)Cc1c(Cl)cc(C=O)c2c1OCO2. The first kappa shape index (κ1) is 11.2. The van der Waals surface area contributed by atoms with Crippen LogP contribution in [0.25, 0.3) is 0 Å². The lowest BCUT2D eigenvalue weighted by Gasteiger charge is -2.11. The van der Waals surface area contributed by atoms with Crippen molar-refractivity contribution in [3.8, 4) is 11.5 Å². The standard InChI is InChI=1S/C11H11ClO4/c1-6(14)2-8-9(12)3-7(4-13)10-11(8)16-5-15-10/h3-4,6,14H,2,5H2,1H3. The predicted octanol–water partition coefficient (Wildman–Crippen LogP) is 1.80. The Morgan fingerprint density at radius 2 is 2.25 bits per heavy atom. The third-order valence-corrected chi connectivity index (χ3v) is 2.68. The first-order valence-electron chi connectivity index (χ1n) is 4.87. The van der Waals surface area contributed by atoms with Crippen LogP contribution in [0, 0.1) is 0 Å². The van der Waals surface area contributed by atoms with E-state index in [0.717, 1.165) is 0 Å². The van der Waals surface area contributed by atoms with Crippen molar-refractivity contribution < 1.29 is 19.4 Å². The van der Waals surface area contributed by atoms with Gasteiger partial charge >= 0.3 is 0 Å². The molecule has 5 heteroatoms. The van der Waals surface area contributed by atoms with E-state index < -0.39 is 6.10 Å². The Bertz CT molecular complexity index is 428. The third kappa shape index (κ3) is 1.86. The zero-order valence-electron chi connectivity index (χ0n) is 8.70. The number of halogens is 1. The number of hydrogen-bond acceptors (Lipinski definition) is 4. The molecule has 0 aromatic heterocycles. The van der Waals surface area contributed by atoms with Crippen LogP contribution in [0.3, 0.4) is 0 Å². The van der Waals surface area contributed by atoms with E-state index in [2.05, 4.69) is 0 Å². The molecule has 86 valence electrons. The summed E-state index contributed by atoms with van der Waals surface area (Å²) >= 11 is 6.03. The maximum Gasteiger partial charge on any atom is 0.231 e. The second-order valence-electron chi connectivity index (χ2n) is 3.66. The third-order valence-electron chi connectivity index (χ3n) is 2.35. The molecule has 1 aliphatic heterocycles. The van der Waals surface area contributed by atoms with Crippen molar-refractivity contribution in [3.63, 3.8) is 0 Å². The van der Waals surface area contributed by atoms with Crippen LogP contribution >= 0.6 is 11.6 Å². The molecular formula is C11H11ClO4. The van der Waals surface area contributed by atoms with Crippen LogP contribution < -0.4 is 9.47 Å². The Kier molecular flexibility index (Phi) is 3.03. The molecule has 1 heterocycles. The van der Waals surface area contributed by atoms with E-state index in [4.69, 9.17) is 21.1 Å². The molecule has 0 radical (unpaired) electrons. The molecule has 1 N–H and O–H groups in total. The summed E-state index contributed by atoms with van der Waals surface area (Å²) in [5, 5.41) is 9.77. The fourth-order valence-electron chi connectivity index (χ4n) is 1.69.